The van der Waals surface area contributed by atoms with Crippen molar-refractivity contribution in [2.75, 3.05) is 13.6 Å². The second kappa shape index (κ2) is 5.31. The lowest BCUT2D eigenvalue weighted by molar-refractivity contribution is 0.770. The van der Waals surface area contributed by atoms with Crippen molar-refractivity contribution in [3.8, 4) is 10.6 Å². The SMILES string of the molecule is CNCCc1[nH]nc(-c2ccc(Cl)s2)c1Br. The molecule has 0 saturated carbocycles. The van der Waals surface area contributed by atoms with Crippen molar-refractivity contribution < 1.29 is 0 Å². The number of nitrogens with zero attached hydrogens (tertiary/aromatic N) is 1. The molecule has 86 valence electrons. The van der Waals surface area contributed by atoms with Crippen LogP contribution < -0.4 is 5.32 Å². The molecule has 2 rings (SSSR count). The molecule has 16 heavy (non-hydrogen) atoms. The van der Waals surface area contributed by atoms with Crippen LogP contribution in [-0.4, -0.2) is 23.8 Å². The Hall–Kier alpha value is -0.360. The lowest BCUT2D eigenvalue weighted by Crippen LogP contribution is -2.10. The van der Waals surface area contributed by atoms with Gasteiger partial charge in [-0.05, 0) is 35.1 Å². The summed E-state index contributed by atoms with van der Waals surface area (Å²) in [6.07, 6.45) is 0.920. The number of rotatable bonds is 4. The molecule has 0 aromatic carbocycles. The first-order chi connectivity index (χ1) is 7.72. The molecule has 0 bridgehead atoms. The first-order valence-electron chi connectivity index (χ1n) is 4.85. The Morgan fingerprint density at radius 1 is 1.56 bits per heavy atom. The van der Waals surface area contributed by atoms with Gasteiger partial charge in [0.1, 0.15) is 5.69 Å². The summed E-state index contributed by atoms with van der Waals surface area (Å²) in [6.45, 7) is 0.922. The Bertz CT molecular complexity index is 480. The summed E-state index contributed by atoms with van der Waals surface area (Å²) in [5, 5.41) is 10.5. The summed E-state index contributed by atoms with van der Waals surface area (Å²) >= 11 is 11.0. The Labute approximate surface area is 111 Å². The van der Waals surface area contributed by atoms with Crippen LogP contribution in [0.15, 0.2) is 16.6 Å². The zero-order valence-electron chi connectivity index (χ0n) is 8.68. The van der Waals surface area contributed by atoms with E-state index in [1.54, 1.807) is 0 Å². The summed E-state index contributed by atoms with van der Waals surface area (Å²) in [4.78, 5) is 1.07. The fourth-order valence-electron chi connectivity index (χ4n) is 1.38. The molecule has 0 atom stereocenters. The topological polar surface area (TPSA) is 40.7 Å². The van der Waals surface area contributed by atoms with Crippen LogP contribution in [0, 0.1) is 0 Å². The highest BCUT2D eigenvalue weighted by Gasteiger charge is 2.13. The van der Waals surface area contributed by atoms with E-state index in [0.717, 1.165) is 38.0 Å². The Morgan fingerprint density at radius 3 is 3.00 bits per heavy atom. The number of H-pyrrole nitrogens is 1. The van der Waals surface area contributed by atoms with Gasteiger partial charge in [0.05, 0.1) is 19.4 Å². The van der Waals surface area contributed by atoms with Crippen molar-refractivity contribution in [3.05, 3.63) is 26.6 Å². The Morgan fingerprint density at radius 2 is 2.38 bits per heavy atom. The number of likely N-dealkylation sites (N-methyl/N-ethyl adjacent to an activating group) is 1. The maximum absolute atomic E-state index is 5.91. The lowest BCUT2D eigenvalue weighted by Gasteiger charge is -1.97. The third kappa shape index (κ3) is 2.48. The first kappa shape index (κ1) is 12.1. The molecule has 0 unspecified atom stereocenters. The van der Waals surface area contributed by atoms with E-state index in [9.17, 15) is 0 Å². The van der Waals surface area contributed by atoms with Gasteiger partial charge in [0.2, 0.25) is 0 Å². The third-order valence-electron chi connectivity index (χ3n) is 2.21. The van der Waals surface area contributed by atoms with E-state index in [1.807, 2.05) is 19.2 Å². The predicted molar refractivity (Wildman–Crippen MR) is 72.2 cm³/mol. The van der Waals surface area contributed by atoms with Crippen LogP contribution in [-0.2, 0) is 6.42 Å². The van der Waals surface area contributed by atoms with Gasteiger partial charge in [0.25, 0.3) is 0 Å². The molecule has 6 heteroatoms. The number of nitrogens with one attached hydrogen (secondary N) is 2. The van der Waals surface area contributed by atoms with Crippen molar-refractivity contribution in [3.63, 3.8) is 0 Å². The average molecular weight is 321 g/mol. The van der Waals surface area contributed by atoms with Gasteiger partial charge in [0, 0.05) is 13.0 Å². The molecule has 0 spiro atoms. The molecule has 0 amide bonds. The average Bonchev–Trinajstić information content (AvgIpc) is 2.83. The number of halogens is 2. The fourth-order valence-corrected chi connectivity index (χ4v) is 3.14. The number of hydrogen-bond acceptors (Lipinski definition) is 3. The zero-order chi connectivity index (χ0) is 11.5. The minimum absolute atomic E-state index is 0.779. The van der Waals surface area contributed by atoms with Gasteiger partial charge in [-0.25, -0.2) is 0 Å². The van der Waals surface area contributed by atoms with Crippen LogP contribution in [0.5, 0.6) is 0 Å². The number of aromatic nitrogens is 2. The molecular weight excluding hydrogens is 310 g/mol. The monoisotopic (exact) mass is 319 g/mol. The van der Waals surface area contributed by atoms with Crippen LogP contribution in [0.25, 0.3) is 10.6 Å². The molecule has 2 N–H and O–H groups in total. The minimum Gasteiger partial charge on any atom is -0.319 e. The molecule has 2 heterocycles. The minimum atomic E-state index is 0.779. The predicted octanol–water partition coefficient (Wildman–Crippen LogP) is 3.32. The number of aromatic amines is 1. The highest BCUT2D eigenvalue weighted by Crippen LogP contribution is 2.35. The second-order valence-electron chi connectivity index (χ2n) is 3.32. The smallest absolute Gasteiger partial charge is 0.117 e. The summed E-state index contributed by atoms with van der Waals surface area (Å²) in [5.41, 5.74) is 2.04. The van der Waals surface area contributed by atoms with Crippen molar-refractivity contribution >= 4 is 38.9 Å². The Kier molecular flexibility index (Phi) is 4.02. The van der Waals surface area contributed by atoms with E-state index in [4.69, 9.17) is 11.6 Å². The number of thiophene rings is 1. The fraction of sp³-hybridized carbons (Fsp3) is 0.300. The van der Waals surface area contributed by atoms with Crippen molar-refractivity contribution in [1.82, 2.24) is 15.5 Å². The summed E-state index contributed by atoms with van der Waals surface area (Å²) < 4.78 is 1.81. The van der Waals surface area contributed by atoms with E-state index in [0.29, 0.717) is 0 Å². The molecule has 0 radical (unpaired) electrons. The van der Waals surface area contributed by atoms with E-state index >= 15 is 0 Å². The van der Waals surface area contributed by atoms with Gasteiger partial charge in [0.15, 0.2) is 0 Å². The van der Waals surface area contributed by atoms with Gasteiger partial charge in [-0.1, -0.05) is 11.6 Å². The van der Waals surface area contributed by atoms with Crippen LogP contribution in [0.4, 0.5) is 0 Å². The summed E-state index contributed by atoms with van der Waals surface area (Å²) in [6, 6.07) is 3.87. The van der Waals surface area contributed by atoms with E-state index in [1.165, 1.54) is 11.3 Å². The molecular formula is C10H11BrClN3S. The van der Waals surface area contributed by atoms with Crippen molar-refractivity contribution in [2.24, 2.45) is 0 Å². The number of hydrogen-bond donors (Lipinski definition) is 2. The van der Waals surface area contributed by atoms with Gasteiger partial charge < -0.3 is 5.32 Å². The second-order valence-corrected chi connectivity index (χ2v) is 5.83. The van der Waals surface area contributed by atoms with E-state index in [-0.39, 0.29) is 0 Å². The van der Waals surface area contributed by atoms with Gasteiger partial charge >= 0.3 is 0 Å². The quantitative estimate of drug-likeness (QED) is 0.907. The van der Waals surface area contributed by atoms with Gasteiger partial charge in [-0.15, -0.1) is 11.3 Å². The first-order valence-corrected chi connectivity index (χ1v) is 6.84. The molecule has 3 nitrogen and oxygen atoms in total. The summed E-state index contributed by atoms with van der Waals surface area (Å²) in [7, 11) is 1.93. The maximum Gasteiger partial charge on any atom is 0.117 e. The molecule has 0 saturated heterocycles. The van der Waals surface area contributed by atoms with Gasteiger partial charge in [-0.2, -0.15) is 5.10 Å². The molecule has 0 aliphatic carbocycles. The summed E-state index contributed by atoms with van der Waals surface area (Å²) in [5.74, 6) is 0. The van der Waals surface area contributed by atoms with Crippen LogP contribution in [0.3, 0.4) is 0 Å². The van der Waals surface area contributed by atoms with E-state index in [2.05, 4.69) is 31.4 Å². The Balaban J connectivity index is 2.26. The molecule has 0 aliphatic rings. The van der Waals surface area contributed by atoms with Crippen LogP contribution >= 0.6 is 38.9 Å². The third-order valence-corrected chi connectivity index (χ3v) is 4.30. The maximum atomic E-state index is 5.91. The normalized spacial score (nSPS) is 10.9. The molecule has 0 fully saturated rings. The molecule has 2 aromatic heterocycles. The van der Waals surface area contributed by atoms with Crippen molar-refractivity contribution in [1.29, 1.82) is 0 Å². The largest absolute Gasteiger partial charge is 0.319 e. The molecule has 0 aliphatic heterocycles. The molecule has 2 aromatic rings. The van der Waals surface area contributed by atoms with Crippen LogP contribution in [0.2, 0.25) is 4.34 Å². The lowest BCUT2D eigenvalue weighted by atomic mass is 10.2. The zero-order valence-corrected chi connectivity index (χ0v) is 11.8. The van der Waals surface area contributed by atoms with Crippen molar-refractivity contribution in [2.45, 2.75) is 6.42 Å². The van der Waals surface area contributed by atoms with Crippen LogP contribution in [0.1, 0.15) is 5.69 Å². The highest BCUT2D eigenvalue weighted by molar-refractivity contribution is 9.10. The highest BCUT2D eigenvalue weighted by atomic mass is 79.9. The van der Waals surface area contributed by atoms with E-state index < -0.39 is 0 Å². The van der Waals surface area contributed by atoms with Gasteiger partial charge in [-0.3, -0.25) is 5.10 Å². The standard InChI is InChI=1S/C10H11BrClN3S/c1-13-5-4-6-9(11)10(15-14-6)7-2-3-8(12)16-7/h2-3,13H,4-5H2,1H3,(H,14,15).